The molecule has 5 heteroatoms. The molecule has 1 fully saturated rings. The van der Waals surface area contributed by atoms with Crippen molar-refractivity contribution in [1.29, 1.82) is 0 Å². The van der Waals surface area contributed by atoms with E-state index in [-0.39, 0.29) is 5.54 Å². The van der Waals surface area contributed by atoms with Gasteiger partial charge in [-0.15, -0.1) is 11.8 Å². The number of aromatic nitrogens is 2. The second kappa shape index (κ2) is 5.58. The van der Waals surface area contributed by atoms with Crippen LogP contribution in [0.1, 0.15) is 37.0 Å². The molecule has 4 nitrogen and oxygen atoms in total. The first-order valence-corrected chi connectivity index (χ1v) is 7.92. The zero-order valence-electron chi connectivity index (χ0n) is 11.8. The molecule has 106 valence electrons. The van der Waals surface area contributed by atoms with E-state index in [0.717, 1.165) is 36.9 Å². The molecule has 1 aliphatic heterocycles. The van der Waals surface area contributed by atoms with Gasteiger partial charge in [0.25, 0.3) is 0 Å². The average Bonchev–Trinajstić information content (AvgIpc) is 3.08. The molecule has 0 saturated carbocycles. The zero-order valence-corrected chi connectivity index (χ0v) is 12.7. The van der Waals surface area contributed by atoms with E-state index < -0.39 is 0 Å². The first-order chi connectivity index (χ1) is 9.67. The van der Waals surface area contributed by atoms with Gasteiger partial charge in [-0.1, -0.05) is 23.4 Å². The highest BCUT2D eigenvalue weighted by Crippen LogP contribution is 2.30. The molecule has 1 saturated heterocycles. The summed E-state index contributed by atoms with van der Waals surface area (Å²) in [5, 5.41) is 7.55. The van der Waals surface area contributed by atoms with Crippen molar-refractivity contribution in [3.8, 4) is 0 Å². The molecular formula is C15H19N3OS. The van der Waals surface area contributed by atoms with E-state index in [1.807, 2.05) is 0 Å². The Labute approximate surface area is 123 Å². The number of hydrogen-bond acceptors (Lipinski definition) is 5. The lowest BCUT2D eigenvalue weighted by molar-refractivity contribution is 0.274. The predicted octanol–water partition coefficient (Wildman–Crippen LogP) is 3.27. The Morgan fingerprint density at radius 2 is 2.25 bits per heavy atom. The van der Waals surface area contributed by atoms with E-state index in [9.17, 15) is 0 Å². The van der Waals surface area contributed by atoms with E-state index in [1.165, 1.54) is 10.5 Å². The minimum absolute atomic E-state index is 0.140. The minimum atomic E-state index is -0.140. The van der Waals surface area contributed by atoms with Crippen molar-refractivity contribution in [3.63, 3.8) is 0 Å². The zero-order chi connectivity index (χ0) is 14.0. The van der Waals surface area contributed by atoms with Gasteiger partial charge in [0.15, 0.2) is 5.82 Å². The molecule has 0 radical (unpaired) electrons. The molecule has 1 aromatic heterocycles. The molecule has 1 unspecified atom stereocenters. The van der Waals surface area contributed by atoms with E-state index >= 15 is 0 Å². The summed E-state index contributed by atoms with van der Waals surface area (Å²) in [6.45, 7) is 5.27. The van der Waals surface area contributed by atoms with Crippen LogP contribution in [0, 0.1) is 6.92 Å². The van der Waals surface area contributed by atoms with Crippen LogP contribution in [0.4, 0.5) is 0 Å². The molecule has 1 atom stereocenters. The second-order valence-corrected chi connectivity index (χ2v) is 6.45. The lowest BCUT2D eigenvalue weighted by Gasteiger charge is -2.18. The third kappa shape index (κ3) is 2.74. The maximum absolute atomic E-state index is 5.43. The van der Waals surface area contributed by atoms with Crippen molar-refractivity contribution in [2.45, 2.75) is 42.9 Å². The number of thioether (sulfide) groups is 1. The lowest BCUT2D eigenvalue weighted by Crippen LogP contribution is -2.33. The Bertz CT molecular complexity index is 590. The quantitative estimate of drug-likeness (QED) is 0.875. The molecule has 0 aliphatic carbocycles. The van der Waals surface area contributed by atoms with Crippen LogP contribution in [0.25, 0.3) is 0 Å². The third-order valence-electron chi connectivity index (χ3n) is 3.76. The summed E-state index contributed by atoms with van der Waals surface area (Å²) >= 11 is 1.75. The monoisotopic (exact) mass is 289 g/mol. The molecule has 0 bridgehead atoms. The topological polar surface area (TPSA) is 51.0 Å². The van der Waals surface area contributed by atoms with Gasteiger partial charge in [-0.3, -0.25) is 0 Å². The maximum Gasteiger partial charge on any atom is 0.246 e. The third-order valence-corrected chi connectivity index (χ3v) is 4.93. The largest absolute Gasteiger partial charge is 0.337 e. The molecule has 3 rings (SSSR count). The first-order valence-electron chi connectivity index (χ1n) is 6.94. The van der Waals surface area contributed by atoms with Crippen molar-refractivity contribution in [2.24, 2.45) is 0 Å². The molecule has 0 amide bonds. The Balaban J connectivity index is 1.67. The predicted molar refractivity (Wildman–Crippen MR) is 79.6 cm³/mol. The second-order valence-electron chi connectivity index (χ2n) is 5.43. The fraction of sp³-hybridized carbons (Fsp3) is 0.467. The molecule has 1 N–H and O–H groups in total. The van der Waals surface area contributed by atoms with Crippen LogP contribution in [-0.4, -0.2) is 16.7 Å². The average molecular weight is 289 g/mol. The number of benzene rings is 1. The van der Waals surface area contributed by atoms with Crippen LogP contribution in [-0.2, 0) is 11.3 Å². The van der Waals surface area contributed by atoms with Crippen molar-refractivity contribution >= 4 is 11.8 Å². The SMILES string of the molecule is Cc1ccccc1SCc1noc(C2(C)CCCN2)n1. The van der Waals surface area contributed by atoms with Gasteiger partial charge in [0.05, 0.1) is 11.3 Å². The summed E-state index contributed by atoms with van der Waals surface area (Å²) in [6, 6.07) is 8.35. The fourth-order valence-corrected chi connectivity index (χ4v) is 3.35. The van der Waals surface area contributed by atoms with Crippen LogP contribution < -0.4 is 5.32 Å². The summed E-state index contributed by atoms with van der Waals surface area (Å²) < 4.78 is 5.43. The minimum Gasteiger partial charge on any atom is -0.337 e. The highest BCUT2D eigenvalue weighted by Gasteiger charge is 2.35. The summed E-state index contributed by atoms with van der Waals surface area (Å²) in [7, 11) is 0. The number of rotatable bonds is 4. The number of aryl methyl sites for hydroxylation is 1. The van der Waals surface area contributed by atoms with Gasteiger partial charge in [-0.05, 0) is 44.9 Å². The Hall–Kier alpha value is -1.33. The molecule has 2 aromatic rings. The van der Waals surface area contributed by atoms with Gasteiger partial charge < -0.3 is 9.84 Å². The molecule has 0 spiro atoms. The van der Waals surface area contributed by atoms with Crippen LogP contribution in [0.2, 0.25) is 0 Å². The summed E-state index contributed by atoms with van der Waals surface area (Å²) in [5.41, 5.74) is 1.14. The fourth-order valence-electron chi connectivity index (χ4n) is 2.47. The van der Waals surface area contributed by atoms with Crippen molar-refractivity contribution < 1.29 is 4.52 Å². The summed E-state index contributed by atoms with van der Waals surface area (Å²) in [4.78, 5) is 5.82. The van der Waals surface area contributed by atoms with Gasteiger partial charge in [0, 0.05) is 4.90 Å². The normalized spacial score (nSPS) is 22.3. The van der Waals surface area contributed by atoms with Crippen molar-refractivity contribution in [2.75, 3.05) is 6.54 Å². The Kier molecular flexibility index (Phi) is 3.81. The summed E-state index contributed by atoms with van der Waals surface area (Å²) in [5.74, 6) is 2.23. The van der Waals surface area contributed by atoms with Gasteiger partial charge >= 0.3 is 0 Å². The van der Waals surface area contributed by atoms with Crippen LogP contribution >= 0.6 is 11.8 Å². The van der Waals surface area contributed by atoms with Crippen LogP contribution in [0.3, 0.4) is 0 Å². The van der Waals surface area contributed by atoms with Crippen LogP contribution in [0.5, 0.6) is 0 Å². The Morgan fingerprint density at radius 1 is 1.40 bits per heavy atom. The molecular weight excluding hydrogens is 270 g/mol. The van der Waals surface area contributed by atoms with E-state index in [1.54, 1.807) is 11.8 Å². The van der Waals surface area contributed by atoms with E-state index in [2.05, 4.69) is 53.6 Å². The van der Waals surface area contributed by atoms with Gasteiger partial charge in [0.2, 0.25) is 5.89 Å². The van der Waals surface area contributed by atoms with Gasteiger partial charge in [0.1, 0.15) is 0 Å². The van der Waals surface area contributed by atoms with Gasteiger partial charge in [-0.2, -0.15) is 4.98 Å². The highest BCUT2D eigenvalue weighted by molar-refractivity contribution is 7.98. The van der Waals surface area contributed by atoms with Crippen molar-refractivity contribution in [1.82, 2.24) is 15.5 Å². The van der Waals surface area contributed by atoms with Gasteiger partial charge in [-0.25, -0.2) is 0 Å². The number of hydrogen-bond donors (Lipinski definition) is 1. The first kappa shape index (κ1) is 13.6. The highest BCUT2D eigenvalue weighted by atomic mass is 32.2. The summed E-state index contributed by atoms with van der Waals surface area (Å²) in [6.07, 6.45) is 2.21. The van der Waals surface area contributed by atoms with Crippen molar-refractivity contribution in [3.05, 3.63) is 41.5 Å². The standard InChI is InChI=1S/C15H19N3OS/c1-11-6-3-4-7-12(11)20-10-13-17-14(19-18-13)15(2)8-5-9-16-15/h3-4,6-7,16H,5,8-10H2,1-2H3. The molecule has 2 heterocycles. The molecule has 1 aromatic carbocycles. The Morgan fingerprint density at radius 3 is 3.00 bits per heavy atom. The van der Waals surface area contributed by atoms with Crippen LogP contribution in [0.15, 0.2) is 33.7 Å². The molecule has 20 heavy (non-hydrogen) atoms. The number of nitrogens with zero attached hydrogens (tertiary/aromatic N) is 2. The number of nitrogens with one attached hydrogen (secondary N) is 1. The molecule has 1 aliphatic rings. The van der Waals surface area contributed by atoms with E-state index in [4.69, 9.17) is 4.52 Å². The lowest BCUT2D eigenvalue weighted by atomic mass is 10.0. The smallest absolute Gasteiger partial charge is 0.246 e. The maximum atomic E-state index is 5.43. The van der Waals surface area contributed by atoms with E-state index in [0.29, 0.717) is 0 Å².